The number of amides is 1. The molecule has 2 rings (SSSR count). The van der Waals surface area contributed by atoms with Crippen molar-refractivity contribution in [3.8, 4) is 0 Å². The number of carbonyl (C=O) groups excluding carboxylic acids is 1. The lowest BCUT2D eigenvalue weighted by Crippen LogP contribution is -2.33. The van der Waals surface area contributed by atoms with Gasteiger partial charge in [0.25, 0.3) is 0 Å². The zero-order valence-corrected chi connectivity index (χ0v) is 12.0. The quantitative estimate of drug-likeness (QED) is 0.872. The maximum absolute atomic E-state index is 11.9. The van der Waals surface area contributed by atoms with E-state index in [0.717, 1.165) is 11.1 Å². The molecule has 0 aliphatic carbocycles. The van der Waals surface area contributed by atoms with E-state index in [9.17, 15) is 4.79 Å². The Morgan fingerprint density at radius 2 is 2.26 bits per heavy atom. The van der Waals surface area contributed by atoms with Gasteiger partial charge < -0.3 is 9.88 Å². The first-order chi connectivity index (χ1) is 9.02. The fourth-order valence-corrected chi connectivity index (χ4v) is 2.17. The van der Waals surface area contributed by atoms with Crippen LogP contribution >= 0.6 is 11.6 Å². The molecule has 0 fully saturated rings. The highest BCUT2D eigenvalue weighted by molar-refractivity contribution is 6.16. The predicted octanol–water partition coefficient (Wildman–Crippen LogP) is 2.00. The standard InChI is InChI=1S/C13H17ClN4O/c1-8(2)16-11(19)7-18-10(6-14)17-12-9(3)4-5-15-13(12)18/h4-5,8H,6-7H2,1-3H3,(H,16,19). The Morgan fingerprint density at radius 3 is 2.89 bits per heavy atom. The number of hydrogen-bond acceptors (Lipinski definition) is 3. The number of carbonyl (C=O) groups is 1. The fourth-order valence-electron chi connectivity index (χ4n) is 1.96. The van der Waals surface area contributed by atoms with Gasteiger partial charge in [-0.1, -0.05) is 0 Å². The molecular formula is C13H17ClN4O. The molecule has 0 atom stereocenters. The summed E-state index contributed by atoms with van der Waals surface area (Å²) in [5.41, 5.74) is 2.53. The molecule has 0 spiro atoms. The molecule has 0 unspecified atom stereocenters. The third-order valence-corrected chi connectivity index (χ3v) is 3.02. The highest BCUT2D eigenvalue weighted by Gasteiger charge is 2.15. The number of hydrogen-bond donors (Lipinski definition) is 1. The molecule has 0 bridgehead atoms. The van der Waals surface area contributed by atoms with Crippen LogP contribution in [0, 0.1) is 6.92 Å². The molecule has 0 saturated heterocycles. The number of aromatic nitrogens is 3. The second-order valence-electron chi connectivity index (χ2n) is 4.77. The summed E-state index contributed by atoms with van der Waals surface area (Å²) in [6.07, 6.45) is 1.72. The van der Waals surface area contributed by atoms with Gasteiger partial charge in [0.1, 0.15) is 17.9 Å². The van der Waals surface area contributed by atoms with Crippen molar-refractivity contribution >= 4 is 28.7 Å². The molecule has 2 aromatic heterocycles. The first-order valence-electron chi connectivity index (χ1n) is 6.19. The molecular weight excluding hydrogens is 264 g/mol. The van der Waals surface area contributed by atoms with E-state index in [1.165, 1.54) is 0 Å². The van der Waals surface area contributed by atoms with Crippen LogP contribution in [0.5, 0.6) is 0 Å². The van der Waals surface area contributed by atoms with Crippen LogP contribution in [0.25, 0.3) is 11.2 Å². The number of rotatable bonds is 4. The predicted molar refractivity (Wildman–Crippen MR) is 75.1 cm³/mol. The van der Waals surface area contributed by atoms with Crippen LogP contribution in [-0.4, -0.2) is 26.5 Å². The summed E-state index contributed by atoms with van der Waals surface area (Å²) >= 11 is 5.90. The molecule has 0 aliphatic heterocycles. The van der Waals surface area contributed by atoms with Crippen LogP contribution in [0.2, 0.25) is 0 Å². The van der Waals surface area contributed by atoms with E-state index in [1.54, 1.807) is 10.8 Å². The van der Waals surface area contributed by atoms with E-state index in [0.29, 0.717) is 11.5 Å². The van der Waals surface area contributed by atoms with Gasteiger partial charge in [0.15, 0.2) is 5.65 Å². The third-order valence-electron chi connectivity index (χ3n) is 2.79. The molecule has 2 aromatic rings. The molecule has 19 heavy (non-hydrogen) atoms. The van der Waals surface area contributed by atoms with Crippen LogP contribution in [0.1, 0.15) is 25.2 Å². The molecule has 0 radical (unpaired) electrons. The van der Waals surface area contributed by atoms with Crippen molar-refractivity contribution in [3.05, 3.63) is 23.7 Å². The Kier molecular flexibility index (Phi) is 4.04. The van der Waals surface area contributed by atoms with Gasteiger partial charge in [0, 0.05) is 12.2 Å². The van der Waals surface area contributed by atoms with Crippen molar-refractivity contribution in [2.24, 2.45) is 0 Å². The van der Waals surface area contributed by atoms with Gasteiger partial charge in [-0.25, -0.2) is 9.97 Å². The minimum atomic E-state index is -0.0658. The van der Waals surface area contributed by atoms with Crippen LogP contribution in [0.4, 0.5) is 0 Å². The molecule has 0 aliphatic rings. The smallest absolute Gasteiger partial charge is 0.240 e. The van der Waals surface area contributed by atoms with Crippen LogP contribution < -0.4 is 5.32 Å². The van der Waals surface area contributed by atoms with Gasteiger partial charge in [-0.15, -0.1) is 11.6 Å². The molecule has 1 N–H and O–H groups in total. The lowest BCUT2D eigenvalue weighted by Gasteiger charge is -2.10. The van der Waals surface area contributed by atoms with Gasteiger partial charge in [-0.2, -0.15) is 0 Å². The molecule has 0 saturated carbocycles. The number of halogens is 1. The summed E-state index contributed by atoms with van der Waals surface area (Å²) in [7, 11) is 0. The van der Waals surface area contributed by atoms with Gasteiger partial charge in [-0.3, -0.25) is 4.79 Å². The average Bonchev–Trinajstić information content (AvgIpc) is 2.68. The summed E-state index contributed by atoms with van der Waals surface area (Å²) in [5, 5.41) is 2.85. The van der Waals surface area contributed by atoms with E-state index in [4.69, 9.17) is 11.6 Å². The Morgan fingerprint density at radius 1 is 1.53 bits per heavy atom. The molecule has 2 heterocycles. The molecule has 0 aromatic carbocycles. The van der Waals surface area contributed by atoms with Crippen molar-refractivity contribution < 1.29 is 4.79 Å². The van der Waals surface area contributed by atoms with Crippen molar-refractivity contribution in [2.45, 2.75) is 39.2 Å². The Balaban J connectivity index is 2.41. The highest BCUT2D eigenvalue weighted by Crippen LogP contribution is 2.18. The van der Waals surface area contributed by atoms with Crippen LogP contribution in [-0.2, 0) is 17.2 Å². The fraction of sp³-hybridized carbons (Fsp3) is 0.462. The second kappa shape index (κ2) is 5.57. The van der Waals surface area contributed by atoms with E-state index in [-0.39, 0.29) is 24.4 Å². The first kappa shape index (κ1) is 13.8. The second-order valence-corrected chi connectivity index (χ2v) is 5.04. The summed E-state index contributed by atoms with van der Waals surface area (Å²) in [6, 6.07) is 2.00. The van der Waals surface area contributed by atoms with Crippen LogP contribution in [0.15, 0.2) is 12.3 Å². The molecule has 6 heteroatoms. The highest BCUT2D eigenvalue weighted by atomic mass is 35.5. The zero-order valence-electron chi connectivity index (χ0n) is 11.3. The van der Waals surface area contributed by atoms with Gasteiger partial charge >= 0.3 is 0 Å². The van der Waals surface area contributed by atoms with Gasteiger partial charge in [-0.05, 0) is 32.4 Å². The lowest BCUT2D eigenvalue weighted by atomic mass is 10.3. The number of nitrogens with one attached hydrogen (secondary N) is 1. The van der Waals surface area contributed by atoms with E-state index in [2.05, 4.69) is 15.3 Å². The summed E-state index contributed by atoms with van der Waals surface area (Å²) in [6.45, 7) is 6.00. The molecule has 1 amide bonds. The average molecular weight is 281 g/mol. The number of aryl methyl sites for hydroxylation is 1. The Labute approximate surface area is 117 Å². The molecule has 102 valence electrons. The Bertz CT molecular complexity index is 606. The SMILES string of the molecule is Cc1ccnc2c1nc(CCl)n2CC(=O)NC(C)C. The third kappa shape index (κ3) is 2.87. The maximum atomic E-state index is 11.9. The number of pyridine rings is 1. The van der Waals surface area contributed by atoms with Crippen molar-refractivity contribution in [2.75, 3.05) is 0 Å². The van der Waals surface area contributed by atoms with Gasteiger partial charge in [0.2, 0.25) is 5.91 Å². The summed E-state index contributed by atoms with van der Waals surface area (Å²) in [4.78, 5) is 20.6. The van der Waals surface area contributed by atoms with Gasteiger partial charge in [0.05, 0.1) is 5.88 Å². The number of fused-ring (bicyclic) bond motifs is 1. The topological polar surface area (TPSA) is 59.8 Å². The number of alkyl halides is 1. The van der Waals surface area contributed by atoms with Crippen molar-refractivity contribution in [3.63, 3.8) is 0 Å². The number of imidazole rings is 1. The van der Waals surface area contributed by atoms with Crippen molar-refractivity contribution in [1.29, 1.82) is 0 Å². The minimum absolute atomic E-state index is 0.0658. The monoisotopic (exact) mass is 280 g/mol. The van der Waals surface area contributed by atoms with E-state index >= 15 is 0 Å². The lowest BCUT2D eigenvalue weighted by molar-refractivity contribution is -0.122. The molecule has 5 nitrogen and oxygen atoms in total. The van der Waals surface area contributed by atoms with Crippen LogP contribution in [0.3, 0.4) is 0 Å². The van der Waals surface area contributed by atoms with E-state index in [1.807, 2.05) is 26.8 Å². The minimum Gasteiger partial charge on any atom is -0.352 e. The largest absolute Gasteiger partial charge is 0.352 e. The van der Waals surface area contributed by atoms with Crippen molar-refractivity contribution in [1.82, 2.24) is 19.9 Å². The zero-order chi connectivity index (χ0) is 14.0. The summed E-state index contributed by atoms with van der Waals surface area (Å²) in [5.74, 6) is 0.853. The normalized spacial score (nSPS) is 11.2. The first-order valence-corrected chi connectivity index (χ1v) is 6.72. The summed E-state index contributed by atoms with van der Waals surface area (Å²) < 4.78 is 1.77. The maximum Gasteiger partial charge on any atom is 0.240 e. The Hall–Kier alpha value is -1.62. The number of nitrogens with zero attached hydrogens (tertiary/aromatic N) is 3. The van der Waals surface area contributed by atoms with E-state index < -0.39 is 0 Å².